The van der Waals surface area contributed by atoms with Crippen molar-refractivity contribution in [1.82, 2.24) is 25.3 Å². The molecule has 0 fully saturated rings. The van der Waals surface area contributed by atoms with E-state index in [1.807, 2.05) is 0 Å². The number of nitrogens with zero attached hydrogens (tertiary/aromatic N) is 4. The third kappa shape index (κ3) is 3.36. The van der Waals surface area contributed by atoms with Crippen molar-refractivity contribution in [2.45, 2.75) is 19.4 Å². The molecule has 1 atom stereocenters. The first-order valence-corrected chi connectivity index (χ1v) is 9.10. The average molecular weight is 410 g/mol. The van der Waals surface area contributed by atoms with E-state index in [1.54, 1.807) is 13.0 Å². The van der Waals surface area contributed by atoms with E-state index in [0.29, 0.717) is 40.1 Å². The second-order valence-corrected chi connectivity index (χ2v) is 6.73. The fourth-order valence-electron chi connectivity index (χ4n) is 3.62. The molecule has 3 aromatic rings. The molecule has 2 aromatic heterocycles. The maximum atomic E-state index is 14.2. The number of hydrogen-bond donors (Lipinski definition) is 2. The SMILES string of the molecule is COc1ncc(-c2cc(F)ccc2C2Cc3nc(N)nc(C)c3C(=O)N2)c(OC)n1. The van der Waals surface area contributed by atoms with E-state index in [-0.39, 0.29) is 23.7 Å². The standard InChI is InChI=1S/C20H19FN6O3/c1-9-16-15(26-19(22)24-9)7-14(25-17(16)28)11-5-4-10(21)6-12(11)13-8-23-20(30-3)27-18(13)29-2/h4-6,8,14H,7H2,1-3H3,(H,25,28)(H2,22,24,26). The number of halogens is 1. The van der Waals surface area contributed by atoms with Crippen molar-refractivity contribution < 1.29 is 18.7 Å². The van der Waals surface area contributed by atoms with Gasteiger partial charge in [0.1, 0.15) is 5.82 Å². The molecule has 9 nitrogen and oxygen atoms in total. The van der Waals surface area contributed by atoms with Crippen molar-refractivity contribution in [3.05, 3.63) is 52.7 Å². The molecule has 1 aliphatic rings. The van der Waals surface area contributed by atoms with Crippen molar-refractivity contribution in [2.24, 2.45) is 0 Å². The van der Waals surface area contributed by atoms with Gasteiger partial charge in [-0.25, -0.2) is 19.3 Å². The first-order chi connectivity index (χ1) is 14.4. The Labute approximate surface area is 171 Å². The molecule has 1 aliphatic heterocycles. The molecule has 3 N–H and O–H groups in total. The van der Waals surface area contributed by atoms with Crippen LogP contribution >= 0.6 is 0 Å². The topological polar surface area (TPSA) is 125 Å². The molecule has 0 radical (unpaired) electrons. The number of nitrogen functional groups attached to an aromatic ring is 1. The second-order valence-electron chi connectivity index (χ2n) is 6.73. The zero-order valence-corrected chi connectivity index (χ0v) is 16.6. The molecule has 0 saturated heterocycles. The first kappa shape index (κ1) is 19.5. The predicted octanol–water partition coefficient (Wildman–Crippen LogP) is 2.01. The summed E-state index contributed by atoms with van der Waals surface area (Å²) in [4.78, 5) is 29.3. The highest BCUT2D eigenvalue weighted by Gasteiger charge is 2.31. The Balaban J connectivity index is 1.83. The van der Waals surface area contributed by atoms with E-state index < -0.39 is 11.9 Å². The van der Waals surface area contributed by atoms with Gasteiger partial charge in [-0.3, -0.25) is 4.79 Å². The van der Waals surface area contributed by atoms with Gasteiger partial charge in [-0.2, -0.15) is 4.98 Å². The monoisotopic (exact) mass is 410 g/mol. The van der Waals surface area contributed by atoms with Crippen LogP contribution in [0, 0.1) is 12.7 Å². The summed E-state index contributed by atoms with van der Waals surface area (Å²) in [6, 6.07) is 3.94. The Kier molecular flexibility index (Phi) is 4.90. The third-order valence-electron chi connectivity index (χ3n) is 4.90. The van der Waals surface area contributed by atoms with Crippen LogP contribution in [-0.2, 0) is 6.42 Å². The number of ether oxygens (including phenoxy) is 2. The molecule has 1 amide bonds. The number of nitrogens with two attached hydrogens (primary N) is 1. The van der Waals surface area contributed by atoms with Gasteiger partial charge in [0.05, 0.1) is 42.8 Å². The highest BCUT2D eigenvalue weighted by Crippen LogP contribution is 2.37. The summed E-state index contributed by atoms with van der Waals surface area (Å²) < 4.78 is 24.6. The van der Waals surface area contributed by atoms with E-state index in [4.69, 9.17) is 15.2 Å². The molecule has 10 heteroatoms. The van der Waals surface area contributed by atoms with Crippen LogP contribution in [-0.4, -0.2) is 40.1 Å². The van der Waals surface area contributed by atoms with Crippen LogP contribution < -0.4 is 20.5 Å². The van der Waals surface area contributed by atoms with Crippen LogP contribution in [0.4, 0.5) is 10.3 Å². The summed E-state index contributed by atoms with van der Waals surface area (Å²) in [5, 5.41) is 2.95. The molecule has 30 heavy (non-hydrogen) atoms. The molecular weight excluding hydrogens is 391 g/mol. The summed E-state index contributed by atoms with van der Waals surface area (Å²) in [5.41, 5.74) is 8.85. The van der Waals surface area contributed by atoms with Crippen LogP contribution in [0.1, 0.15) is 33.4 Å². The average Bonchev–Trinajstić information content (AvgIpc) is 2.72. The van der Waals surface area contributed by atoms with Gasteiger partial charge < -0.3 is 20.5 Å². The lowest BCUT2D eigenvalue weighted by molar-refractivity contribution is 0.0922. The Bertz CT molecular complexity index is 1150. The first-order valence-electron chi connectivity index (χ1n) is 9.10. The lowest BCUT2D eigenvalue weighted by Crippen LogP contribution is -2.37. The van der Waals surface area contributed by atoms with E-state index in [9.17, 15) is 9.18 Å². The molecule has 154 valence electrons. The van der Waals surface area contributed by atoms with Gasteiger partial charge in [0, 0.05) is 12.6 Å². The van der Waals surface area contributed by atoms with Crippen molar-refractivity contribution >= 4 is 11.9 Å². The number of amides is 1. The number of hydrogen-bond acceptors (Lipinski definition) is 8. The normalized spacial score (nSPS) is 15.3. The van der Waals surface area contributed by atoms with Gasteiger partial charge in [-0.15, -0.1) is 0 Å². The Morgan fingerprint density at radius 3 is 2.70 bits per heavy atom. The van der Waals surface area contributed by atoms with Crippen LogP contribution in [0.2, 0.25) is 0 Å². The van der Waals surface area contributed by atoms with Crippen molar-refractivity contribution in [3.63, 3.8) is 0 Å². The highest BCUT2D eigenvalue weighted by molar-refractivity contribution is 5.98. The molecule has 0 aliphatic carbocycles. The number of aryl methyl sites for hydroxylation is 1. The van der Waals surface area contributed by atoms with Crippen molar-refractivity contribution in [2.75, 3.05) is 20.0 Å². The van der Waals surface area contributed by atoms with Gasteiger partial charge >= 0.3 is 6.01 Å². The highest BCUT2D eigenvalue weighted by atomic mass is 19.1. The Morgan fingerprint density at radius 2 is 1.97 bits per heavy atom. The molecular formula is C20H19FN6O3. The number of fused-ring (bicyclic) bond motifs is 1. The number of methoxy groups -OCH3 is 2. The number of aromatic nitrogens is 4. The quantitative estimate of drug-likeness (QED) is 0.669. The summed E-state index contributed by atoms with van der Waals surface area (Å²) in [6.45, 7) is 1.71. The fraction of sp³-hybridized carbons (Fsp3) is 0.250. The van der Waals surface area contributed by atoms with E-state index in [0.717, 1.165) is 0 Å². The Hall–Kier alpha value is -3.82. The van der Waals surface area contributed by atoms with Crippen LogP contribution in [0.5, 0.6) is 11.9 Å². The van der Waals surface area contributed by atoms with Crippen LogP contribution in [0.15, 0.2) is 24.4 Å². The molecule has 0 bridgehead atoms. The minimum atomic E-state index is -0.471. The molecule has 3 heterocycles. The van der Waals surface area contributed by atoms with E-state index in [2.05, 4.69) is 25.3 Å². The smallest absolute Gasteiger partial charge is 0.319 e. The zero-order valence-electron chi connectivity index (χ0n) is 16.6. The molecule has 0 spiro atoms. The van der Waals surface area contributed by atoms with Crippen molar-refractivity contribution in [1.29, 1.82) is 0 Å². The summed E-state index contributed by atoms with van der Waals surface area (Å²) in [5.74, 6) is -0.438. The van der Waals surface area contributed by atoms with Gasteiger partial charge in [0.25, 0.3) is 5.91 Å². The predicted molar refractivity (Wildman–Crippen MR) is 106 cm³/mol. The number of nitrogens with one attached hydrogen (secondary N) is 1. The largest absolute Gasteiger partial charge is 0.480 e. The third-order valence-corrected chi connectivity index (χ3v) is 4.90. The number of carbonyl (C=O) groups is 1. The summed E-state index contributed by atoms with van der Waals surface area (Å²) in [6.07, 6.45) is 1.86. The lowest BCUT2D eigenvalue weighted by Gasteiger charge is -2.28. The fourth-order valence-corrected chi connectivity index (χ4v) is 3.62. The molecule has 1 unspecified atom stereocenters. The number of benzene rings is 1. The minimum Gasteiger partial charge on any atom is -0.480 e. The van der Waals surface area contributed by atoms with Gasteiger partial charge in [0.15, 0.2) is 0 Å². The summed E-state index contributed by atoms with van der Waals surface area (Å²) >= 11 is 0. The second kappa shape index (κ2) is 7.54. The van der Waals surface area contributed by atoms with E-state index >= 15 is 0 Å². The number of anilines is 1. The van der Waals surface area contributed by atoms with Gasteiger partial charge in [-0.05, 0) is 30.2 Å². The molecule has 4 rings (SSSR count). The zero-order chi connectivity index (χ0) is 21.4. The number of carbonyl (C=O) groups excluding carboxylic acids is 1. The maximum absolute atomic E-state index is 14.2. The molecule has 0 saturated carbocycles. The van der Waals surface area contributed by atoms with Gasteiger partial charge in [-0.1, -0.05) is 6.07 Å². The minimum absolute atomic E-state index is 0.101. The summed E-state index contributed by atoms with van der Waals surface area (Å²) in [7, 11) is 2.89. The van der Waals surface area contributed by atoms with Crippen LogP contribution in [0.25, 0.3) is 11.1 Å². The molecule has 1 aromatic carbocycles. The van der Waals surface area contributed by atoms with Crippen LogP contribution in [0.3, 0.4) is 0 Å². The number of rotatable bonds is 4. The van der Waals surface area contributed by atoms with E-state index in [1.165, 1.54) is 32.5 Å². The maximum Gasteiger partial charge on any atom is 0.319 e. The Morgan fingerprint density at radius 1 is 1.17 bits per heavy atom. The van der Waals surface area contributed by atoms with Gasteiger partial charge in [0.2, 0.25) is 11.8 Å². The van der Waals surface area contributed by atoms with Crippen molar-refractivity contribution in [3.8, 4) is 23.0 Å². The lowest BCUT2D eigenvalue weighted by atomic mass is 9.89.